The maximum absolute atomic E-state index is 13.7. The summed E-state index contributed by atoms with van der Waals surface area (Å²) in [5, 5.41) is 3.78. The van der Waals surface area contributed by atoms with E-state index in [2.05, 4.69) is 5.32 Å². The minimum Gasteiger partial charge on any atom is -0.468 e. The summed E-state index contributed by atoms with van der Waals surface area (Å²) in [5.74, 6) is -3.10. The van der Waals surface area contributed by atoms with Gasteiger partial charge in [-0.15, -0.1) is 0 Å². The first-order valence-electron chi connectivity index (χ1n) is 11.1. The van der Waals surface area contributed by atoms with Crippen molar-refractivity contribution in [3.05, 3.63) is 57.4 Å². The Hall–Kier alpha value is -2.60. The monoisotopic (exact) mass is 457 g/mol. The molecule has 0 amide bonds. The number of halogens is 1. The van der Waals surface area contributed by atoms with Gasteiger partial charge in [0.05, 0.1) is 12.7 Å². The third-order valence-electron chi connectivity index (χ3n) is 6.72. The molecule has 3 atom stereocenters. The lowest BCUT2D eigenvalue weighted by Crippen LogP contribution is -2.43. The molecule has 0 spiro atoms. The SMILES string of the molecule is COC(=O)[C@H]1C(=O)C2=C(C[C@@H]1C)NC(C)=C(C(=O)OC1CCCC1)[C@@H]2c1cccc(Cl)c1. The smallest absolute Gasteiger partial charge is 0.337 e. The second kappa shape index (κ2) is 9.10. The average molecular weight is 458 g/mol. The van der Waals surface area contributed by atoms with E-state index in [1.807, 2.05) is 19.9 Å². The Morgan fingerprint density at radius 3 is 2.56 bits per heavy atom. The number of Topliss-reactive ketones (excluding diaryl/α,β-unsaturated/α-hetero) is 1. The van der Waals surface area contributed by atoms with E-state index in [0.29, 0.717) is 28.3 Å². The Morgan fingerprint density at radius 2 is 1.91 bits per heavy atom. The molecule has 7 heteroatoms. The van der Waals surface area contributed by atoms with Crippen LogP contribution in [-0.2, 0) is 23.9 Å². The van der Waals surface area contributed by atoms with Gasteiger partial charge in [-0.05, 0) is 62.6 Å². The largest absolute Gasteiger partial charge is 0.468 e. The predicted molar refractivity (Wildman–Crippen MR) is 120 cm³/mol. The van der Waals surface area contributed by atoms with E-state index >= 15 is 0 Å². The Bertz CT molecular complexity index is 1020. The van der Waals surface area contributed by atoms with Crippen LogP contribution in [0.4, 0.5) is 0 Å². The lowest BCUT2D eigenvalue weighted by molar-refractivity contribution is -0.151. The molecule has 0 aromatic heterocycles. The van der Waals surface area contributed by atoms with Crippen LogP contribution in [0.5, 0.6) is 0 Å². The molecule has 4 rings (SSSR count). The molecule has 0 radical (unpaired) electrons. The molecular weight excluding hydrogens is 430 g/mol. The molecule has 170 valence electrons. The first-order valence-corrected chi connectivity index (χ1v) is 11.5. The van der Waals surface area contributed by atoms with Gasteiger partial charge in [-0.25, -0.2) is 4.79 Å². The number of nitrogens with one attached hydrogen (secondary N) is 1. The zero-order valence-electron chi connectivity index (χ0n) is 18.6. The van der Waals surface area contributed by atoms with Crippen LogP contribution in [0.1, 0.15) is 57.4 Å². The minimum absolute atomic E-state index is 0.108. The van der Waals surface area contributed by atoms with E-state index in [4.69, 9.17) is 21.1 Å². The van der Waals surface area contributed by atoms with Crippen molar-refractivity contribution in [2.75, 3.05) is 7.11 Å². The van der Waals surface area contributed by atoms with Gasteiger partial charge < -0.3 is 14.8 Å². The van der Waals surface area contributed by atoms with Crippen LogP contribution in [0.25, 0.3) is 0 Å². The number of ether oxygens (including phenoxy) is 2. The quantitative estimate of drug-likeness (QED) is 0.531. The summed E-state index contributed by atoms with van der Waals surface area (Å²) in [6.45, 7) is 3.69. The van der Waals surface area contributed by atoms with Gasteiger partial charge in [0.2, 0.25) is 0 Å². The summed E-state index contributed by atoms with van der Waals surface area (Å²) in [7, 11) is 1.29. The maximum Gasteiger partial charge on any atom is 0.337 e. The van der Waals surface area contributed by atoms with Crippen molar-refractivity contribution in [2.45, 2.75) is 58.0 Å². The average Bonchev–Trinajstić information content (AvgIpc) is 3.25. The third-order valence-corrected chi connectivity index (χ3v) is 6.96. The summed E-state index contributed by atoms with van der Waals surface area (Å²) in [6.07, 6.45) is 4.17. The Balaban J connectivity index is 1.81. The van der Waals surface area contributed by atoms with Crippen molar-refractivity contribution in [1.29, 1.82) is 0 Å². The van der Waals surface area contributed by atoms with Gasteiger partial charge in [-0.2, -0.15) is 0 Å². The van der Waals surface area contributed by atoms with Crippen molar-refractivity contribution in [2.24, 2.45) is 11.8 Å². The Morgan fingerprint density at radius 1 is 1.19 bits per heavy atom. The molecule has 1 N–H and O–H groups in total. The van der Waals surface area contributed by atoms with Crippen LogP contribution in [0.2, 0.25) is 5.02 Å². The maximum atomic E-state index is 13.7. The zero-order chi connectivity index (χ0) is 23.0. The normalized spacial score (nSPS) is 26.0. The van der Waals surface area contributed by atoms with Crippen LogP contribution in [-0.4, -0.2) is 30.9 Å². The molecular formula is C25H28ClNO5. The first kappa shape index (κ1) is 22.6. The van der Waals surface area contributed by atoms with E-state index in [1.165, 1.54) is 7.11 Å². The Labute approximate surface area is 193 Å². The highest BCUT2D eigenvalue weighted by Crippen LogP contribution is 2.46. The van der Waals surface area contributed by atoms with Gasteiger partial charge in [0.25, 0.3) is 0 Å². The van der Waals surface area contributed by atoms with Gasteiger partial charge in [0.1, 0.15) is 12.0 Å². The molecule has 1 heterocycles. The lowest BCUT2D eigenvalue weighted by atomic mass is 9.69. The summed E-state index contributed by atoms with van der Waals surface area (Å²) < 4.78 is 10.8. The number of benzene rings is 1. The number of hydrogen-bond donors (Lipinski definition) is 1. The number of rotatable bonds is 4. The van der Waals surface area contributed by atoms with Gasteiger partial charge in [-0.1, -0.05) is 30.7 Å². The summed E-state index contributed by atoms with van der Waals surface area (Å²) in [5.41, 5.74) is 2.93. The molecule has 3 aliphatic rings. The van der Waals surface area contributed by atoms with Gasteiger partial charge in [-0.3, -0.25) is 9.59 Å². The summed E-state index contributed by atoms with van der Waals surface area (Å²) in [4.78, 5) is 39.5. The van der Waals surface area contributed by atoms with E-state index in [-0.39, 0.29) is 17.8 Å². The van der Waals surface area contributed by atoms with Crippen molar-refractivity contribution < 1.29 is 23.9 Å². The summed E-state index contributed by atoms with van der Waals surface area (Å²) in [6, 6.07) is 7.15. The number of esters is 2. The second-order valence-corrected chi connectivity index (χ2v) is 9.34. The van der Waals surface area contributed by atoms with Crippen LogP contribution >= 0.6 is 11.6 Å². The molecule has 6 nitrogen and oxygen atoms in total. The van der Waals surface area contributed by atoms with E-state index in [0.717, 1.165) is 36.9 Å². The molecule has 1 saturated carbocycles. The fourth-order valence-corrected chi connectivity index (χ4v) is 5.39. The van der Waals surface area contributed by atoms with Gasteiger partial charge in [0, 0.05) is 27.9 Å². The van der Waals surface area contributed by atoms with Crippen molar-refractivity contribution >= 4 is 29.3 Å². The number of ketones is 1. The van der Waals surface area contributed by atoms with Crippen LogP contribution in [0.15, 0.2) is 46.8 Å². The molecule has 1 aliphatic heterocycles. The fraction of sp³-hybridized carbons (Fsp3) is 0.480. The Kier molecular flexibility index (Phi) is 6.42. The highest BCUT2D eigenvalue weighted by molar-refractivity contribution is 6.30. The van der Waals surface area contributed by atoms with E-state index in [1.54, 1.807) is 18.2 Å². The number of allylic oxidation sites excluding steroid dienone is 3. The number of hydrogen-bond acceptors (Lipinski definition) is 6. The predicted octanol–water partition coefficient (Wildman–Crippen LogP) is 4.44. The molecule has 1 aromatic carbocycles. The fourth-order valence-electron chi connectivity index (χ4n) is 5.19. The van der Waals surface area contributed by atoms with Gasteiger partial charge in [0.15, 0.2) is 5.78 Å². The van der Waals surface area contributed by atoms with Crippen LogP contribution < -0.4 is 5.32 Å². The first-order chi connectivity index (χ1) is 15.3. The van der Waals surface area contributed by atoms with Crippen molar-refractivity contribution in [1.82, 2.24) is 5.32 Å². The second-order valence-electron chi connectivity index (χ2n) is 8.90. The van der Waals surface area contributed by atoms with Crippen LogP contribution in [0.3, 0.4) is 0 Å². The highest BCUT2D eigenvalue weighted by Gasteiger charge is 2.47. The van der Waals surface area contributed by atoms with Gasteiger partial charge >= 0.3 is 11.9 Å². The lowest BCUT2D eigenvalue weighted by Gasteiger charge is -2.38. The third kappa shape index (κ3) is 4.08. The number of carbonyl (C=O) groups is 3. The molecule has 1 aromatic rings. The van der Waals surface area contributed by atoms with Crippen LogP contribution in [0, 0.1) is 11.8 Å². The van der Waals surface area contributed by atoms with E-state index < -0.39 is 23.8 Å². The number of dihydropyridines is 1. The standard InChI is InChI=1S/C25H28ClNO5/c1-13-11-18-22(23(28)19(13)24(29)31-3)21(15-7-6-8-16(26)12-15)20(14(2)27-18)25(30)32-17-9-4-5-10-17/h6-8,12-13,17,19,21,27H,4-5,9-11H2,1-3H3/t13-,19+,21-/m0/s1. The van der Waals surface area contributed by atoms with Crippen molar-refractivity contribution in [3.63, 3.8) is 0 Å². The molecule has 0 unspecified atom stereocenters. The van der Waals surface area contributed by atoms with E-state index in [9.17, 15) is 14.4 Å². The molecule has 32 heavy (non-hydrogen) atoms. The zero-order valence-corrected chi connectivity index (χ0v) is 19.3. The molecule has 0 bridgehead atoms. The highest BCUT2D eigenvalue weighted by atomic mass is 35.5. The molecule has 1 fully saturated rings. The number of methoxy groups -OCH3 is 1. The minimum atomic E-state index is -0.909. The van der Waals surface area contributed by atoms with Crippen molar-refractivity contribution in [3.8, 4) is 0 Å². The molecule has 2 aliphatic carbocycles. The molecule has 0 saturated heterocycles. The summed E-state index contributed by atoms with van der Waals surface area (Å²) >= 11 is 6.28. The number of carbonyl (C=O) groups excluding carboxylic acids is 3. The topological polar surface area (TPSA) is 81.7 Å².